The molecule has 1 atom stereocenters. The number of aryl methyl sites for hydroxylation is 1. The van der Waals surface area contributed by atoms with Gasteiger partial charge in [-0.1, -0.05) is 30.3 Å². The third-order valence-electron chi connectivity index (χ3n) is 6.98. The van der Waals surface area contributed by atoms with Crippen LogP contribution in [0.15, 0.2) is 60.8 Å². The molecule has 2 N–H and O–H groups in total. The lowest BCUT2D eigenvalue weighted by Gasteiger charge is -2.26. The number of halogens is 6. The van der Waals surface area contributed by atoms with E-state index in [9.17, 15) is 40.7 Å². The molecule has 0 saturated carbocycles. The van der Waals surface area contributed by atoms with Gasteiger partial charge in [0.05, 0.1) is 27.3 Å². The first-order valence-electron chi connectivity index (χ1n) is 12.3. The average molecular weight is 607 g/mol. The highest BCUT2D eigenvalue weighted by atomic mass is 32.1. The van der Waals surface area contributed by atoms with E-state index < -0.39 is 69.8 Å². The van der Waals surface area contributed by atoms with Gasteiger partial charge in [-0.2, -0.15) is 31.4 Å². The number of hydrogen-bond acceptors (Lipinski definition) is 5. The Morgan fingerprint density at radius 3 is 2.05 bits per heavy atom. The van der Waals surface area contributed by atoms with E-state index in [1.165, 1.54) is 49.6 Å². The number of carbonyl (C=O) groups excluding carboxylic acids is 3. The SMILES string of the molecule is Cn1nccc1-c1c(C(F)(F)F)sc(C(N)=O)c1[C@H](Cc1ccccc1C(F)(F)F)CN1C(=O)c2ccccc2C1=O. The predicted octanol–water partition coefficient (Wildman–Crippen LogP) is 5.91. The van der Waals surface area contributed by atoms with E-state index in [4.69, 9.17) is 5.73 Å². The summed E-state index contributed by atoms with van der Waals surface area (Å²) in [6.45, 7) is -0.627. The molecule has 42 heavy (non-hydrogen) atoms. The molecule has 2 aromatic heterocycles. The zero-order valence-electron chi connectivity index (χ0n) is 21.6. The average Bonchev–Trinajstić information content (AvgIpc) is 3.59. The number of fused-ring (bicyclic) bond motifs is 1. The number of alkyl halides is 6. The number of benzene rings is 2. The van der Waals surface area contributed by atoms with Crippen LogP contribution in [0.4, 0.5) is 26.3 Å². The molecular weight excluding hydrogens is 586 g/mol. The number of nitrogens with two attached hydrogens (primary N) is 1. The molecule has 0 bridgehead atoms. The Balaban J connectivity index is 1.76. The van der Waals surface area contributed by atoms with Gasteiger partial charge in [0, 0.05) is 31.3 Å². The van der Waals surface area contributed by atoms with E-state index in [-0.39, 0.29) is 39.3 Å². The molecule has 0 aliphatic carbocycles. The number of primary amides is 1. The second-order valence-corrected chi connectivity index (χ2v) is 10.6. The Morgan fingerprint density at radius 1 is 0.929 bits per heavy atom. The summed E-state index contributed by atoms with van der Waals surface area (Å²) >= 11 is 0.0523. The highest BCUT2D eigenvalue weighted by Crippen LogP contribution is 2.49. The van der Waals surface area contributed by atoms with Crippen molar-refractivity contribution in [2.45, 2.75) is 24.7 Å². The third-order valence-corrected chi connectivity index (χ3v) is 8.25. The maximum absolute atomic E-state index is 14.4. The molecule has 1 aliphatic heterocycles. The number of amides is 3. The van der Waals surface area contributed by atoms with E-state index >= 15 is 0 Å². The standard InChI is InChI=1S/C28H20F6N4O3S/c1-37-19(10-11-36-37)21-20(22(24(35)39)42-23(21)28(32,33)34)15(12-14-6-2-5-9-18(14)27(29,30)31)13-38-25(40)16-7-3-4-8-17(16)26(38)41/h2-11,15H,12-13H2,1H3,(H2,35,39)/t15-/m1/s1. The van der Waals surface area contributed by atoms with E-state index in [0.717, 1.165) is 27.8 Å². The lowest BCUT2D eigenvalue weighted by molar-refractivity contribution is -0.138. The molecule has 218 valence electrons. The van der Waals surface area contributed by atoms with Crippen molar-refractivity contribution in [3.05, 3.63) is 98.4 Å². The molecule has 14 heteroatoms. The van der Waals surface area contributed by atoms with Crippen molar-refractivity contribution < 1.29 is 40.7 Å². The van der Waals surface area contributed by atoms with Gasteiger partial charge in [0.1, 0.15) is 4.88 Å². The highest BCUT2D eigenvalue weighted by Gasteiger charge is 2.44. The van der Waals surface area contributed by atoms with Crippen LogP contribution in [0.25, 0.3) is 11.3 Å². The zero-order valence-corrected chi connectivity index (χ0v) is 22.4. The molecule has 1 aliphatic rings. The van der Waals surface area contributed by atoms with E-state index in [1.54, 1.807) is 0 Å². The number of thiophene rings is 1. The normalized spacial score (nSPS) is 14.4. The molecule has 0 fully saturated rings. The minimum atomic E-state index is -4.99. The van der Waals surface area contributed by atoms with Crippen LogP contribution in [0, 0.1) is 0 Å². The number of carbonyl (C=O) groups is 3. The van der Waals surface area contributed by atoms with Crippen LogP contribution in [0.3, 0.4) is 0 Å². The molecular formula is C28H20F6N4O3S. The molecule has 0 spiro atoms. The molecule has 0 radical (unpaired) electrons. The first-order valence-corrected chi connectivity index (χ1v) is 13.1. The quantitative estimate of drug-likeness (QED) is 0.209. The fourth-order valence-corrected chi connectivity index (χ4v) is 6.33. The number of imide groups is 1. The topological polar surface area (TPSA) is 98.3 Å². The monoisotopic (exact) mass is 606 g/mol. The molecule has 3 amide bonds. The van der Waals surface area contributed by atoms with Crippen molar-refractivity contribution in [3.8, 4) is 11.3 Å². The van der Waals surface area contributed by atoms with Gasteiger partial charge in [-0.05, 0) is 41.8 Å². The lowest BCUT2D eigenvalue weighted by atomic mass is 9.85. The maximum atomic E-state index is 14.4. The number of aromatic nitrogens is 2. The Bertz CT molecular complexity index is 1690. The van der Waals surface area contributed by atoms with Crippen LogP contribution >= 0.6 is 11.3 Å². The fraction of sp³-hybridized carbons (Fsp3) is 0.214. The smallest absolute Gasteiger partial charge is 0.365 e. The Morgan fingerprint density at radius 2 is 1.52 bits per heavy atom. The molecule has 2 aromatic carbocycles. The minimum Gasteiger partial charge on any atom is -0.365 e. The van der Waals surface area contributed by atoms with Crippen LogP contribution in [0.5, 0.6) is 0 Å². The van der Waals surface area contributed by atoms with Crippen molar-refractivity contribution >= 4 is 29.1 Å². The second-order valence-electron chi connectivity index (χ2n) is 9.57. The van der Waals surface area contributed by atoms with Crippen molar-refractivity contribution in [1.82, 2.24) is 14.7 Å². The summed E-state index contributed by atoms with van der Waals surface area (Å²) in [6, 6.07) is 11.5. The summed E-state index contributed by atoms with van der Waals surface area (Å²) in [5, 5.41) is 3.93. The summed E-state index contributed by atoms with van der Waals surface area (Å²) in [5.41, 5.74) is 3.36. The molecule has 3 heterocycles. The summed E-state index contributed by atoms with van der Waals surface area (Å²) in [7, 11) is 1.36. The van der Waals surface area contributed by atoms with E-state index in [2.05, 4.69) is 5.10 Å². The summed E-state index contributed by atoms with van der Waals surface area (Å²) in [6.07, 6.45) is -9.17. The van der Waals surface area contributed by atoms with E-state index in [1.807, 2.05) is 0 Å². The van der Waals surface area contributed by atoms with Crippen LogP contribution in [-0.2, 0) is 25.8 Å². The first kappa shape index (κ1) is 29.0. The first-order chi connectivity index (χ1) is 19.7. The van der Waals surface area contributed by atoms with Crippen LogP contribution in [0.1, 0.15) is 57.9 Å². The Hall–Kier alpha value is -4.46. The minimum absolute atomic E-state index is 0.0419. The van der Waals surface area contributed by atoms with Crippen molar-refractivity contribution in [2.24, 2.45) is 12.8 Å². The van der Waals surface area contributed by atoms with Gasteiger partial charge in [-0.25, -0.2) is 0 Å². The van der Waals surface area contributed by atoms with Crippen LogP contribution in [0.2, 0.25) is 0 Å². The lowest BCUT2D eigenvalue weighted by Crippen LogP contribution is -2.35. The molecule has 0 saturated heterocycles. The van der Waals surface area contributed by atoms with Gasteiger partial charge in [0.15, 0.2) is 0 Å². The van der Waals surface area contributed by atoms with E-state index in [0.29, 0.717) is 0 Å². The van der Waals surface area contributed by atoms with Crippen molar-refractivity contribution in [3.63, 3.8) is 0 Å². The second kappa shape index (κ2) is 10.4. The number of hydrogen-bond donors (Lipinski definition) is 1. The fourth-order valence-electron chi connectivity index (χ4n) is 5.21. The van der Waals surface area contributed by atoms with Gasteiger partial charge >= 0.3 is 12.4 Å². The van der Waals surface area contributed by atoms with Gasteiger partial charge in [0.2, 0.25) is 0 Å². The molecule has 4 aromatic rings. The van der Waals surface area contributed by atoms with Crippen LogP contribution in [-0.4, -0.2) is 38.9 Å². The summed E-state index contributed by atoms with van der Waals surface area (Å²) in [5.74, 6) is -4.18. The van der Waals surface area contributed by atoms with Gasteiger partial charge in [0.25, 0.3) is 17.7 Å². The largest absolute Gasteiger partial charge is 0.426 e. The highest BCUT2D eigenvalue weighted by molar-refractivity contribution is 7.14. The maximum Gasteiger partial charge on any atom is 0.426 e. The Labute approximate surface area is 238 Å². The van der Waals surface area contributed by atoms with Gasteiger partial charge in [-0.15, -0.1) is 11.3 Å². The van der Waals surface area contributed by atoms with Crippen molar-refractivity contribution in [1.29, 1.82) is 0 Å². The number of nitrogens with zero attached hydrogens (tertiary/aromatic N) is 3. The molecule has 0 unspecified atom stereocenters. The van der Waals surface area contributed by atoms with Crippen LogP contribution < -0.4 is 5.73 Å². The molecule has 7 nitrogen and oxygen atoms in total. The third kappa shape index (κ3) is 5.06. The zero-order chi connectivity index (χ0) is 30.6. The van der Waals surface area contributed by atoms with Gasteiger partial charge < -0.3 is 5.73 Å². The van der Waals surface area contributed by atoms with Gasteiger partial charge in [-0.3, -0.25) is 24.0 Å². The Kier molecular flexibility index (Phi) is 7.21. The van der Waals surface area contributed by atoms with Crippen molar-refractivity contribution in [2.75, 3.05) is 6.54 Å². The summed E-state index contributed by atoms with van der Waals surface area (Å²) < 4.78 is 86.3. The summed E-state index contributed by atoms with van der Waals surface area (Å²) in [4.78, 5) is 38.1. The predicted molar refractivity (Wildman–Crippen MR) is 140 cm³/mol. The molecule has 5 rings (SSSR count). The number of rotatable bonds is 7.